The van der Waals surface area contributed by atoms with Crippen molar-refractivity contribution in [3.8, 4) is 22.6 Å². The lowest BCUT2D eigenvalue weighted by Gasteiger charge is -2.11. The van der Waals surface area contributed by atoms with Gasteiger partial charge in [0.1, 0.15) is 0 Å². The van der Waals surface area contributed by atoms with E-state index in [1.165, 1.54) is 0 Å². The van der Waals surface area contributed by atoms with Gasteiger partial charge in [-0.15, -0.1) is 0 Å². The molecule has 1 unspecified atom stereocenters. The van der Waals surface area contributed by atoms with Gasteiger partial charge in [0.25, 0.3) is 0 Å². The molecule has 0 radical (unpaired) electrons. The number of hydrogen-bond donors (Lipinski definition) is 1. The van der Waals surface area contributed by atoms with Gasteiger partial charge in [0.15, 0.2) is 12.0 Å². The number of nitrogens with zero attached hydrogens (tertiary/aromatic N) is 3. The molecule has 1 aliphatic heterocycles. The molecule has 9 rings (SSSR count). The third-order valence-electron chi connectivity index (χ3n) is 8.28. The molecule has 1 atom stereocenters. The largest absolute Gasteiger partial charge is 0.464 e. The molecule has 5 aromatic carbocycles. The Morgan fingerprint density at radius 3 is 2.45 bits per heavy atom. The maximum atomic E-state index is 6.59. The summed E-state index contributed by atoms with van der Waals surface area (Å²) in [6, 6.07) is 42.3. The Bertz CT molecular complexity index is 2320. The first-order valence-electron chi connectivity index (χ1n) is 14.1. The van der Waals surface area contributed by atoms with Gasteiger partial charge in [-0.2, -0.15) is 0 Å². The van der Waals surface area contributed by atoms with E-state index in [0.29, 0.717) is 0 Å². The fourth-order valence-electron chi connectivity index (χ4n) is 6.33. The van der Waals surface area contributed by atoms with Crippen molar-refractivity contribution in [3.05, 3.63) is 139 Å². The number of ether oxygens (including phenoxy) is 1. The Hall–Kier alpha value is -5.68. The van der Waals surface area contributed by atoms with Crippen LogP contribution in [0.1, 0.15) is 11.8 Å². The zero-order valence-electron chi connectivity index (χ0n) is 22.5. The van der Waals surface area contributed by atoms with Crippen molar-refractivity contribution >= 4 is 49.3 Å². The van der Waals surface area contributed by atoms with Gasteiger partial charge in [-0.05, 0) is 48.0 Å². The number of nitrogens with one attached hydrogen (secondary N) is 1. The van der Waals surface area contributed by atoms with Crippen LogP contribution in [0.2, 0.25) is 0 Å². The minimum absolute atomic E-state index is 0.218. The zero-order chi connectivity index (χ0) is 27.6. The van der Waals surface area contributed by atoms with Crippen molar-refractivity contribution in [2.24, 2.45) is 0 Å². The number of rotatable bonds is 3. The first-order valence-corrected chi connectivity index (χ1v) is 14.1. The highest BCUT2D eigenvalue weighted by atomic mass is 16.5. The summed E-state index contributed by atoms with van der Waals surface area (Å²) in [5.74, 6) is 0.895. The van der Waals surface area contributed by atoms with Crippen molar-refractivity contribution in [3.63, 3.8) is 0 Å². The molecule has 0 saturated carbocycles. The summed E-state index contributed by atoms with van der Waals surface area (Å²) < 4.78 is 8.92. The lowest BCUT2D eigenvalue weighted by molar-refractivity contribution is 0.263. The normalized spacial score (nSPS) is 14.3. The van der Waals surface area contributed by atoms with Crippen molar-refractivity contribution < 1.29 is 4.74 Å². The second-order valence-electron chi connectivity index (χ2n) is 10.7. The third kappa shape index (κ3) is 3.44. The molecule has 1 aliphatic rings. The zero-order valence-corrected chi connectivity index (χ0v) is 22.5. The minimum Gasteiger partial charge on any atom is -0.464 e. The van der Waals surface area contributed by atoms with Crippen LogP contribution in [0.15, 0.2) is 134 Å². The molecule has 0 amide bonds. The molecule has 0 bridgehead atoms. The summed E-state index contributed by atoms with van der Waals surface area (Å²) >= 11 is 0. The van der Waals surface area contributed by atoms with E-state index in [2.05, 4.69) is 112 Å². The van der Waals surface area contributed by atoms with Gasteiger partial charge in [0.2, 0.25) is 0 Å². The Morgan fingerprint density at radius 2 is 1.50 bits per heavy atom. The fourth-order valence-corrected chi connectivity index (χ4v) is 6.33. The lowest BCUT2D eigenvalue weighted by atomic mass is 10.0. The maximum absolute atomic E-state index is 6.59. The van der Waals surface area contributed by atoms with Gasteiger partial charge in [-0.1, -0.05) is 78.9 Å². The Balaban J connectivity index is 1.19. The highest BCUT2D eigenvalue weighted by Gasteiger charge is 2.28. The van der Waals surface area contributed by atoms with Crippen LogP contribution in [-0.2, 0) is 0 Å². The molecule has 3 aromatic heterocycles. The van der Waals surface area contributed by atoms with E-state index in [0.717, 1.165) is 77.4 Å². The molecule has 8 aromatic rings. The highest BCUT2D eigenvalue weighted by molar-refractivity contribution is 6.14. The van der Waals surface area contributed by atoms with Crippen LogP contribution in [0.3, 0.4) is 0 Å². The molecule has 0 saturated heterocycles. The van der Waals surface area contributed by atoms with Gasteiger partial charge >= 0.3 is 0 Å². The van der Waals surface area contributed by atoms with Gasteiger partial charge in [-0.3, -0.25) is 9.97 Å². The van der Waals surface area contributed by atoms with Crippen LogP contribution >= 0.6 is 0 Å². The predicted molar refractivity (Wildman–Crippen MR) is 170 cm³/mol. The topological polar surface area (TPSA) is 52.0 Å². The van der Waals surface area contributed by atoms with Crippen LogP contribution in [-0.4, -0.2) is 14.5 Å². The number of anilines is 1. The van der Waals surface area contributed by atoms with Crippen molar-refractivity contribution in [1.82, 2.24) is 14.5 Å². The van der Waals surface area contributed by atoms with Crippen molar-refractivity contribution in [1.29, 1.82) is 0 Å². The molecule has 5 heteroatoms. The highest BCUT2D eigenvalue weighted by Crippen LogP contribution is 2.47. The molecule has 4 heterocycles. The minimum atomic E-state index is -0.218. The first kappa shape index (κ1) is 23.1. The summed E-state index contributed by atoms with van der Waals surface area (Å²) in [5, 5.41) is 8.03. The quantitative estimate of drug-likeness (QED) is 0.227. The molecule has 5 nitrogen and oxygen atoms in total. The van der Waals surface area contributed by atoms with Gasteiger partial charge in [0, 0.05) is 45.4 Å². The summed E-state index contributed by atoms with van der Waals surface area (Å²) in [6.07, 6.45) is 3.56. The predicted octanol–water partition coefficient (Wildman–Crippen LogP) is 9.05. The Kier molecular flexibility index (Phi) is 4.90. The van der Waals surface area contributed by atoms with Crippen LogP contribution in [0.25, 0.3) is 60.4 Å². The van der Waals surface area contributed by atoms with Gasteiger partial charge in [-0.25, -0.2) is 0 Å². The second kappa shape index (κ2) is 8.91. The number of pyridine rings is 2. The number of benzene rings is 5. The summed E-state index contributed by atoms with van der Waals surface area (Å²) in [7, 11) is 0. The SMILES string of the molecule is c1ccc(C2Nc3ccc4c(c3O2)c2ccccc2n4-c2cccc(-c3cnc4c(ccc5cccnc54)c3)c2)cc1. The molecule has 42 heavy (non-hydrogen) atoms. The van der Waals surface area contributed by atoms with E-state index in [4.69, 9.17) is 9.72 Å². The molecule has 0 fully saturated rings. The first-order chi connectivity index (χ1) is 20.8. The number of fused-ring (bicyclic) bond motifs is 8. The van der Waals surface area contributed by atoms with E-state index in [9.17, 15) is 0 Å². The monoisotopic (exact) mass is 540 g/mol. The molecule has 0 spiro atoms. The van der Waals surface area contributed by atoms with Crippen LogP contribution in [0.4, 0.5) is 5.69 Å². The average molecular weight is 541 g/mol. The van der Waals surface area contributed by atoms with Crippen molar-refractivity contribution in [2.45, 2.75) is 6.23 Å². The van der Waals surface area contributed by atoms with Crippen molar-refractivity contribution in [2.75, 3.05) is 5.32 Å². The lowest BCUT2D eigenvalue weighted by Crippen LogP contribution is -2.09. The third-order valence-corrected chi connectivity index (χ3v) is 8.28. The average Bonchev–Trinajstić information content (AvgIpc) is 3.64. The molecule has 0 aliphatic carbocycles. The summed E-state index contributed by atoms with van der Waals surface area (Å²) in [5.41, 5.74) is 9.48. The smallest absolute Gasteiger partial charge is 0.196 e. The Morgan fingerprint density at radius 1 is 0.643 bits per heavy atom. The Labute approximate surface area is 241 Å². The van der Waals surface area contributed by atoms with E-state index in [1.54, 1.807) is 0 Å². The number of hydrogen-bond acceptors (Lipinski definition) is 4. The number of para-hydroxylation sites is 1. The number of aromatic nitrogens is 3. The van der Waals surface area contributed by atoms with E-state index >= 15 is 0 Å². The molecule has 198 valence electrons. The van der Waals surface area contributed by atoms with Gasteiger partial charge in [0.05, 0.1) is 33.1 Å². The van der Waals surface area contributed by atoms with Crippen LogP contribution < -0.4 is 10.1 Å². The van der Waals surface area contributed by atoms with E-state index in [1.807, 2.05) is 36.7 Å². The molecular weight excluding hydrogens is 516 g/mol. The van der Waals surface area contributed by atoms with Crippen LogP contribution in [0.5, 0.6) is 5.75 Å². The van der Waals surface area contributed by atoms with E-state index < -0.39 is 0 Å². The molecular formula is C37H24N4O. The second-order valence-corrected chi connectivity index (χ2v) is 10.7. The molecule has 1 N–H and O–H groups in total. The van der Waals surface area contributed by atoms with E-state index in [-0.39, 0.29) is 6.23 Å². The van der Waals surface area contributed by atoms with Gasteiger partial charge < -0.3 is 14.6 Å². The fraction of sp³-hybridized carbons (Fsp3) is 0.0270. The van der Waals surface area contributed by atoms with Crippen LogP contribution in [0, 0.1) is 0 Å². The maximum Gasteiger partial charge on any atom is 0.196 e. The summed E-state index contributed by atoms with van der Waals surface area (Å²) in [4.78, 5) is 9.44. The standard InChI is InChI=1S/C37H24N4O/c1-2-8-24(9-3-1)37-40-30-17-18-32-33(36(30)42-37)29-13-4-5-14-31(29)41(32)28-12-6-10-25(21-28)27-20-26-16-15-23-11-7-19-38-34(23)35(26)39-22-27/h1-22,37,40H. The summed E-state index contributed by atoms with van der Waals surface area (Å²) in [6.45, 7) is 0.